The normalized spacial score (nSPS) is 15.0. The van der Waals surface area contributed by atoms with Crippen LogP contribution in [0.25, 0.3) is 16.7 Å². The van der Waals surface area contributed by atoms with Crippen molar-refractivity contribution in [3.05, 3.63) is 51.7 Å². The van der Waals surface area contributed by atoms with E-state index < -0.39 is 0 Å². The van der Waals surface area contributed by atoms with Crippen LogP contribution >= 0.6 is 11.6 Å². The minimum absolute atomic E-state index is 0.120. The molecule has 2 aromatic heterocycles. The fraction of sp³-hybridized carbons (Fsp3) is 0.368. The van der Waals surface area contributed by atoms with E-state index in [0.29, 0.717) is 30.5 Å². The average molecular weight is 417 g/mol. The van der Waals surface area contributed by atoms with E-state index in [0.717, 1.165) is 19.6 Å². The lowest BCUT2D eigenvalue weighted by Gasteiger charge is -2.26. The lowest BCUT2D eigenvalue weighted by atomic mass is 10.3. The Morgan fingerprint density at radius 1 is 1.24 bits per heavy atom. The third-order valence-corrected chi connectivity index (χ3v) is 5.10. The van der Waals surface area contributed by atoms with Gasteiger partial charge in [-0.3, -0.25) is 14.5 Å². The molecule has 1 fully saturated rings. The van der Waals surface area contributed by atoms with Gasteiger partial charge in [-0.2, -0.15) is 5.10 Å². The number of morpholine rings is 1. The fourth-order valence-electron chi connectivity index (χ4n) is 3.25. The summed E-state index contributed by atoms with van der Waals surface area (Å²) in [6, 6.07) is 6.88. The first-order chi connectivity index (χ1) is 14.0. The first-order valence-corrected chi connectivity index (χ1v) is 9.71. The second-order valence-corrected chi connectivity index (χ2v) is 7.24. The van der Waals surface area contributed by atoms with Crippen LogP contribution in [0.15, 0.2) is 35.4 Å². The van der Waals surface area contributed by atoms with Crippen molar-refractivity contribution in [1.82, 2.24) is 29.5 Å². The van der Waals surface area contributed by atoms with Gasteiger partial charge in [0.1, 0.15) is 5.52 Å². The van der Waals surface area contributed by atoms with Crippen molar-refractivity contribution in [2.24, 2.45) is 7.05 Å². The van der Waals surface area contributed by atoms with Crippen molar-refractivity contribution < 1.29 is 9.53 Å². The second-order valence-electron chi connectivity index (χ2n) is 6.80. The second kappa shape index (κ2) is 8.32. The third kappa shape index (κ3) is 4.02. The van der Waals surface area contributed by atoms with Crippen molar-refractivity contribution in [3.8, 4) is 5.69 Å². The molecule has 1 amide bonds. The molecule has 1 aliphatic rings. The SMILES string of the molecule is Cn1cnc2c(C(=O)NCCN3CCOCC3)nn(-c3ccc(Cl)cc3)c2c1=O. The maximum Gasteiger partial charge on any atom is 0.279 e. The molecule has 3 heterocycles. The van der Waals surface area contributed by atoms with E-state index in [-0.39, 0.29) is 28.2 Å². The van der Waals surface area contributed by atoms with Crippen LogP contribution in [0.3, 0.4) is 0 Å². The lowest BCUT2D eigenvalue weighted by Crippen LogP contribution is -2.41. The van der Waals surface area contributed by atoms with E-state index in [2.05, 4.69) is 20.3 Å². The number of fused-ring (bicyclic) bond motifs is 1. The highest BCUT2D eigenvalue weighted by molar-refractivity contribution is 6.30. The molecule has 152 valence electrons. The number of aryl methyl sites for hydroxylation is 1. The highest BCUT2D eigenvalue weighted by atomic mass is 35.5. The van der Waals surface area contributed by atoms with E-state index in [1.165, 1.54) is 15.6 Å². The Hall–Kier alpha value is -2.75. The Kier molecular flexibility index (Phi) is 5.61. The van der Waals surface area contributed by atoms with E-state index in [1.807, 2.05) is 0 Å². The number of hydrogen-bond donors (Lipinski definition) is 1. The van der Waals surface area contributed by atoms with E-state index in [4.69, 9.17) is 16.3 Å². The molecule has 0 atom stereocenters. The molecule has 1 aliphatic heterocycles. The van der Waals surface area contributed by atoms with Gasteiger partial charge in [0.05, 0.1) is 25.2 Å². The molecule has 0 saturated carbocycles. The largest absolute Gasteiger partial charge is 0.379 e. The van der Waals surface area contributed by atoms with E-state index in [1.54, 1.807) is 31.3 Å². The summed E-state index contributed by atoms with van der Waals surface area (Å²) in [4.78, 5) is 32.0. The summed E-state index contributed by atoms with van der Waals surface area (Å²) >= 11 is 5.97. The summed E-state index contributed by atoms with van der Waals surface area (Å²) in [6.07, 6.45) is 1.39. The van der Waals surface area contributed by atoms with Crippen molar-refractivity contribution in [2.75, 3.05) is 39.4 Å². The number of carbonyl (C=O) groups is 1. The summed E-state index contributed by atoms with van der Waals surface area (Å²) in [5, 5.41) is 7.85. The Labute approximate surface area is 171 Å². The maximum absolute atomic E-state index is 12.8. The molecular formula is C19H21ClN6O3. The van der Waals surface area contributed by atoms with Crippen molar-refractivity contribution in [3.63, 3.8) is 0 Å². The number of carbonyl (C=O) groups excluding carboxylic acids is 1. The third-order valence-electron chi connectivity index (χ3n) is 4.85. The van der Waals surface area contributed by atoms with Gasteiger partial charge in [0.25, 0.3) is 11.5 Å². The monoisotopic (exact) mass is 416 g/mol. The van der Waals surface area contributed by atoms with Crippen molar-refractivity contribution in [1.29, 1.82) is 0 Å². The number of rotatable bonds is 5. The molecule has 1 N–H and O–H groups in total. The first kappa shape index (κ1) is 19.6. The predicted octanol–water partition coefficient (Wildman–Crippen LogP) is 0.835. The van der Waals surface area contributed by atoms with Crippen LogP contribution in [0.5, 0.6) is 0 Å². The molecule has 0 radical (unpaired) electrons. The number of nitrogens with one attached hydrogen (secondary N) is 1. The molecule has 0 unspecified atom stereocenters. The predicted molar refractivity (Wildman–Crippen MR) is 109 cm³/mol. The number of aromatic nitrogens is 4. The molecule has 0 spiro atoms. The molecular weight excluding hydrogens is 396 g/mol. The zero-order chi connectivity index (χ0) is 20.4. The molecule has 10 heteroatoms. The van der Waals surface area contributed by atoms with Crippen LogP contribution < -0.4 is 10.9 Å². The van der Waals surface area contributed by atoms with Gasteiger partial charge in [-0.15, -0.1) is 0 Å². The van der Waals surface area contributed by atoms with Crippen LogP contribution in [-0.4, -0.2) is 69.5 Å². The topological polar surface area (TPSA) is 94.3 Å². The molecule has 4 rings (SSSR count). The zero-order valence-corrected chi connectivity index (χ0v) is 16.7. The lowest BCUT2D eigenvalue weighted by molar-refractivity contribution is 0.0383. The van der Waals surface area contributed by atoms with Crippen LogP contribution in [0.2, 0.25) is 5.02 Å². The minimum atomic E-state index is -0.364. The van der Waals surface area contributed by atoms with Crippen LogP contribution in [-0.2, 0) is 11.8 Å². The molecule has 29 heavy (non-hydrogen) atoms. The summed E-state index contributed by atoms with van der Waals surface area (Å²) in [7, 11) is 1.61. The van der Waals surface area contributed by atoms with Crippen LogP contribution in [0, 0.1) is 0 Å². The number of halogens is 1. The molecule has 1 aromatic carbocycles. The Morgan fingerprint density at radius 2 is 1.97 bits per heavy atom. The summed E-state index contributed by atoms with van der Waals surface area (Å²) < 4.78 is 8.13. The highest BCUT2D eigenvalue weighted by Gasteiger charge is 2.22. The summed E-state index contributed by atoms with van der Waals surface area (Å²) in [5.41, 5.74) is 0.971. The molecule has 9 nitrogen and oxygen atoms in total. The summed E-state index contributed by atoms with van der Waals surface area (Å²) in [5.74, 6) is -0.364. The van der Waals surface area contributed by atoms with Gasteiger partial charge in [-0.1, -0.05) is 11.6 Å². The molecule has 0 aliphatic carbocycles. The molecule has 3 aromatic rings. The maximum atomic E-state index is 12.8. The van der Waals surface area contributed by atoms with Crippen LogP contribution in [0.1, 0.15) is 10.5 Å². The number of nitrogens with zero attached hydrogens (tertiary/aromatic N) is 5. The first-order valence-electron chi connectivity index (χ1n) is 9.33. The molecule has 0 bridgehead atoms. The van der Waals surface area contributed by atoms with Crippen LogP contribution in [0.4, 0.5) is 0 Å². The Bertz CT molecular complexity index is 1090. The van der Waals surface area contributed by atoms with Gasteiger partial charge in [0.15, 0.2) is 11.2 Å². The molecule has 1 saturated heterocycles. The van der Waals surface area contributed by atoms with Crippen molar-refractivity contribution in [2.45, 2.75) is 0 Å². The van der Waals surface area contributed by atoms with Gasteiger partial charge in [0.2, 0.25) is 0 Å². The number of ether oxygens (including phenoxy) is 1. The quantitative estimate of drug-likeness (QED) is 0.662. The summed E-state index contributed by atoms with van der Waals surface area (Å²) in [6.45, 7) is 4.30. The fourth-order valence-corrected chi connectivity index (χ4v) is 3.37. The Morgan fingerprint density at radius 3 is 2.69 bits per heavy atom. The number of hydrogen-bond acceptors (Lipinski definition) is 6. The minimum Gasteiger partial charge on any atom is -0.379 e. The average Bonchev–Trinajstić information content (AvgIpc) is 3.12. The van der Waals surface area contributed by atoms with E-state index in [9.17, 15) is 9.59 Å². The van der Waals surface area contributed by atoms with Gasteiger partial charge in [-0.05, 0) is 24.3 Å². The van der Waals surface area contributed by atoms with Gasteiger partial charge in [0, 0.05) is 38.2 Å². The number of amides is 1. The van der Waals surface area contributed by atoms with Gasteiger partial charge >= 0.3 is 0 Å². The zero-order valence-electron chi connectivity index (χ0n) is 16.0. The highest BCUT2D eigenvalue weighted by Crippen LogP contribution is 2.19. The Balaban J connectivity index is 1.63. The smallest absolute Gasteiger partial charge is 0.279 e. The van der Waals surface area contributed by atoms with E-state index >= 15 is 0 Å². The van der Waals surface area contributed by atoms with Gasteiger partial charge in [-0.25, -0.2) is 9.67 Å². The number of benzene rings is 1. The standard InChI is InChI=1S/C19H21ClN6O3/c1-24-12-22-15-16(18(27)21-6-7-25-8-10-29-11-9-25)23-26(17(15)19(24)28)14-4-2-13(20)3-5-14/h2-5,12H,6-11H2,1H3,(H,21,27). The van der Waals surface area contributed by atoms with Gasteiger partial charge < -0.3 is 14.6 Å². The van der Waals surface area contributed by atoms with Crippen molar-refractivity contribution >= 4 is 28.5 Å².